The minimum atomic E-state index is 0.511. The summed E-state index contributed by atoms with van der Waals surface area (Å²) >= 11 is 0. The third-order valence-corrected chi connectivity index (χ3v) is 3.90. The first kappa shape index (κ1) is 16.0. The van der Waals surface area contributed by atoms with Crippen LogP contribution in [0.5, 0.6) is 11.5 Å². The quantitative estimate of drug-likeness (QED) is 0.820. The lowest BCUT2D eigenvalue weighted by Gasteiger charge is -2.15. The molecule has 3 rings (SSSR count). The zero-order chi connectivity index (χ0) is 16.6. The maximum absolute atomic E-state index is 5.98. The van der Waals surface area contributed by atoms with Crippen LogP contribution in [0.3, 0.4) is 0 Å². The summed E-state index contributed by atoms with van der Waals surface area (Å²) in [7, 11) is 1.69. The fourth-order valence-corrected chi connectivity index (χ4v) is 2.55. The molecule has 0 spiro atoms. The van der Waals surface area contributed by atoms with Gasteiger partial charge in [0.05, 0.1) is 12.8 Å². The molecule has 2 N–H and O–H groups in total. The molecule has 1 aliphatic heterocycles. The van der Waals surface area contributed by atoms with E-state index in [4.69, 9.17) is 9.47 Å². The number of nitrogens with one attached hydrogen (secondary N) is 2. The Kier molecular flexibility index (Phi) is 5.40. The van der Waals surface area contributed by atoms with Gasteiger partial charge in [0.25, 0.3) is 0 Å². The molecule has 4 nitrogen and oxygen atoms in total. The van der Waals surface area contributed by atoms with E-state index >= 15 is 0 Å². The van der Waals surface area contributed by atoms with E-state index in [1.807, 2.05) is 42.9 Å². The number of methoxy groups -OCH3 is 1. The highest BCUT2D eigenvalue weighted by Gasteiger charge is 2.06. The van der Waals surface area contributed by atoms with Crippen molar-refractivity contribution in [2.24, 2.45) is 0 Å². The predicted molar refractivity (Wildman–Crippen MR) is 95.8 cm³/mol. The molecule has 24 heavy (non-hydrogen) atoms. The molecule has 1 aliphatic rings. The molecule has 1 heterocycles. The van der Waals surface area contributed by atoms with E-state index in [0.717, 1.165) is 30.0 Å². The van der Waals surface area contributed by atoms with Gasteiger partial charge in [-0.3, -0.25) is 0 Å². The van der Waals surface area contributed by atoms with Gasteiger partial charge >= 0.3 is 0 Å². The van der Waals surface area contributed by atoms with E-state index in [9.17, 15) is 0 Å². The van der Waals surface area contributed by atoms with Crippen molar-refractivity contribution in [3.05, 3.63) is 84.0 Å². The van der Waals surface area contributed by atoms with Gasteiger partial charge in [-0.15, -0.1) is 0 Å². The minimum absolute atomic E-state index is 0.511. The third kappa shape index (κ3) is 4.32. The van der Waals surface area contributed by atoms with Gasteiger partial charge < -0.3 is 20.1 Å². The molecule has 0 amide bonds. The van der Waals surface area contributed by atoms with Crippen molar-refractivity contribution in [3.63, 3.8) is 0 Å². The van der Waals surface area contributed by atoms with Crippen LogP contribution in [0.4, 0.5) is 0 Å². The Morgan fingerprint density at radius 1 is 0.917 bits per heavy atom. The fraction of sp³-hybridized carbons (Fsp3) is 0.200. The summed E-state index contributed by atoms with van der Waals surface area (Å²) in [6.45, 7) is 0.511. The first-order valence-corrected chi connectivity index (χ1v) is 8.05. The van der Waals surface area contributed by atoms with E-state index in [-0.39, 0.29) is 0 Å². The van der Waals surface area contributed by atoms with Crippen LogP contribution < -0.4 is 20.1 Å². The summed E-state index contributed by atoms with van der Waals surface area (Å²) in [5, 5.41) is 6.21. The van der Waals surface area contributed by atoms with Gasteiger partial charge in [-0.25, -0.2) is 0 Å². The number of para-hydroxylation sites is 1. The van der Waals surface area contributed by atoms with Crippen molar-refractivity contribution < 1.29 is 9.47 Å². The summed E-state index contributed by atoms with van der Waals surface area (Å²) in [5.74, 6) is 1.82. The number of benzene rings is 2. The number of aryl methyl sites for hydroxylation is 2. The van der Waals surface area contributed by atoms with Crippen molar-refractivity contribution in [1.29, 1.82) is 0 Å². The van der Waals surface area contributed by atoms with Gasteiger partial charge in [0, 0.05) is 18.6 Å². The summed E-state index contributed by atoms with van der Waals surface area (Å²) < 4.78 is 11.2. The Morgan fingerprint density at radius 3 is 2.50 bits per heavy atom. The lowest BCUT2D eigenvalue weighted by molar-refractivity contribution is 0.341. The minimum Gasteiger partial charge on any atom is -0.497 e. The average Bonchev–Trinajstić information content (AvgIpc) is 2.66. The van der Waals surface area contributed by atoms with Crippen LogP contribution >= 0.6 is 0 Å². The third-order valence-electron chi connectivity index (χ3n) is 3.90. The van der Waals surface area contributed by atoms with E-state index in [2.05, 4.69) is 34.9 Å². The number of hydrogen-bond acceptors (Lipinski definition) is 4. The highest BCUT2D eigenvalue weighted by atomic mass is 16.5. The van der Waals surface area contributed by atoms with E-state index in [1.165, 1.54) is 11.1 Å². The Morgan fingerprint density at radius 2 is 1.75 bits per heavy atom. The molecule has 124 valence electrons. The van der Waals surface area contributed by atoms with Crippen LogP contribution in [-0.4, -0.2) is 13.7 Å². The highest BCUT2D eigenvalue weighted by Crippen LogP contribution is 2.21. The van der Waals surface area contributed by atoms with Crippen LogP contribution in [0.1, 0.15) is 11.1 Å². The van der Waals surface area contributed by atoms with Crippen molar-refractivity contribution >= 4 is 0 Å². The Labute approximate surface area is 142 Å². The largest absolute Gasteiger partial charge is 0.497 e. The normalized spacial score (nSPS) is 12.8. The molecule has 2 aromatic carbocycles. The molecule has 0 radical (unpaired) electrons. The monoisotopic (exact) mass is 322 g/mol. The zero-order valence-corrected chi connectivity index (χ0v) is 13.8. The summed E-state index contributed by atoms with van der Waals surface area (Å²) in [6, 6.07) is 16.4. The van der Waals surface area contributed by atoms with Gasteiger partial charge in [0.2, 0.25) is 0 Å². The molecule has 0 fully saturated rings. The van der Waals surface area contributed by atoms with Crippen molar-refractivity contribution in [3.8, 4) is 11.5 Å². The molecule has 0 aromatic heterocycles. The van der Waals surface area contributed by atoms with Gasteiger partial charge in [0.15, 0.2) is 0 Å². The summed E-state index contributed by atoms with van der Waals surface area (Å²) in [5.41, 5.74) is 3.51. The molecular formula is C20H22N2O2. The first-order chi connectivity index (χ1) is 11.8. The van der Waals surface area contributed by atoms with Crippen molar-refractivity contribution in [2.75, 3.05) is 13.7 Å². The summed E-state index contributed by atoms with van der Waals surface area (Å²) in [6.07, 6.45) is 7.50. The van der Waals surface area contributed by atoms with Crippen LogP contribution in [0.2, 0.25) is 0 Å². The molecule has 4 heteroatoms. The van der Waals surface area contributed by atoms with Crippen LogP contribution in [0.25, 0.3) is 0 Å². The number of hydrogen-bond donors (Lipinski definition) is 2. The molecule has 0 atom stereocenters. The Bertz CT molecular complexity index is 721. The first-order valence-electron chi connectivity index (χ1n) is 8.05. The smallest absolute Gasteiger partial charge is 0.129 e. The van der Waals surface area contributed by atoms with E-state index in [0.29, 0.717) is 6.61 Å². The number of ether oxygens (including phenoxy) is 2. The van der Waals surface area contributed by atoms with E-state index in [1.54, 1.807) is 7.11 Å². The molecule has 0 saturated carbocycles. The van der Waals surface area contributed by atoms with Crippen LogP contribution in [-0.2, 0) is 12.8 Å². The topological polar surface area (TPSA) is 42.5 Å². The van der Waals surface area contributed by atoms with Gasteiger partial charge in [0.1, 0.15) is 18.1 Å². The van der Waals surface area contributed by atoms with Crippen LogP contribution in [0.15, 0.2) is 72.8 Å². The second-order valence-electron chi connectivity index (χ2n) is 5.56. The van der Waals surface area contributed by atoms with Gasteiger partial charge in [-0.2, -0.15) is 0 Å². The summed E-state index contributed by atoms with van der Waals surface area (Å²) in [4.78, 5) is 0. The van der Waals surface area contributed by atoms with Gasteiger partial charge in [-0.1, -0.05) is 30.3 Å². The van der Waals surface area contributed by atoms with Crippen molar-refractivity contribution in [1.82, 2.24) is 10.6 Å². The SMILES string of the molecule is COc1ccc(CCc2ccccc2OCC2=CNC=CN2)cc1. The fourth-order valence-electron chi connectivity index (χ4n) is 2.55. The van der Waals surface area contributed by atoms with E-state index < -0.39 is 0 Å². The highest BCUT2D eigenvalue weighted by molar-refractivity contribution is 5.35. The Hall–Kier alpha value is -2.88. The lowest BCUT2D eigenvalue weighted by Crippen LogP contribution is -2.20. The Balaban J connectivity index is 1.59. The molecular weight excluding hydrogens is 300 g/mol. The predicted octanol–water partition coefficient (Wildman–Crippen LogP) is 3.36. The number of rotatable bonds is 7. The second kappa shape index (κ2) is 8.11. The maximum Gasteiger partial charge on any atom is 0.129 e. The van der Waals surface area contributed by atoms with Crippen molar-refractivity contribution in [2.45, 2.75) is 12.8 Å². The average molecular weight is 322 g/mol. The molecule has 0 bridgehead atoms. The zero-order valence-electron chi connectivity index (χ0n) is 13.8. The maximum atomic E-state index is 5.98. The molecule has 0 unspecified atom stereocenters. The second-order valence-corrected chi connectivity index (χ2v) is 5.56. The van der Waals surface area contributed by atoms with Crippen LogP contribution in [0, 0.1) is 0 Å². The van der Waals surface area contributed by atoms with Gasteiger partial charge in [-0.05, 0) is 42.2 Å². The standard InChI is InChI=1S/C20H22N2O2/c1-23-19-10-7-16(8-11-19)6-9-17-4-2-3-5-20(17)24-15-18-14-21-12-13-22-18/h2-5,7-8,10-14,21-22H,6,9,15H2,1H3. The molecule has 0 aliphatic carbocycles. The molecule has 0 saturated heterocycles. The molecule has 2 aromatic rings. The lowest BCUT2D eigenvalue weighted by atomic mass is 10.0.